The maximum absolute atomic E-state index is 6.29. The fourth-order valence-electron chi connectivity index (χ4n) is 7.13. The molecule has 6 aromatic carbocycles. The van der Waals surface area contributed by atoms with Gasteiger partial charge in [-0.15, -0.1) is 0 Å². The SMILES string of the molecule is C1=Cc2oc3ccccc3c2C(c2nc(-c3ccc4ccc5ccccc5c4c3)nc(-c3cccc4oc5ccccc5c34)n2)C1. The van der Waals surface area contributed by atoms with Crippen molar-refractivity contribution in [3.8, 4) is 22.8 Å². The molecule has 0 radical (unpaired) electrons. The number of para-hydroxylation sites is 2. The molecule has 216 valence electrons. The zero-order valence-corrected chi connectivity index (χ0v) is 24.6. The molecule has 0 amide bonds. The maximum atomic E-state index is 6.29. The molecular weight excluding hydrogens is 566 g/mol. The molecule has 0 N–H and O–H groups in total. The van der Waals surface area contributed by atoms with E-state index in [1.807, 2.05) is 42.5 Å². The molecule has 9 aromatic rings. The molecule has 1 aliphatic rings. The Morgan fingerprint density at radius 3 is 2.13 bits per heavy atom. The van der Waals surface area contributed by atoms with Crippen LogP contribution < -0.4 is 0 Å². The predicted molar refractivity (Wildman–Crippen MR) is 185 cm³/mol. The highest BCUT2D eigenvalue weighted by Gasteiger charge is 2.29. The van der Waals surface area contributed by atoms with Crippen LogP contribution in [-0.2, 0) is 0 Å². The lowest BCUT2D eigenvalue weighted by atomic mass is 9.88. The van der Waals surface area contributed by atoms with Crippen molar-refractivity contribution in [2.75, 3.05) is 0 Å². The first-order valence-electron chi connectivity index (χ1n) is 15.5. The maximum Gasteiger partial charge on any atom is 0.164 e. The molecule has 1 atom stereocenters. The summed E-state index contributed by atoms with van der Waals surface area (Å²) in [5.41, 5.74) is 5.51. The first-order valence-corrected chi connectivity index (χ1v) is 15.5. The number of hydrogen-bond donors (Lipinski definition) is 0. The van der Waals surface area contributed by atoms with Gasteiger partial charge in [0, 0.05) is 32.8 Å². The molecule has 1 unspecified atom stereocenters. The van der Waals surface area contributed by atoms with Crippen LogP contribution in [0.3, 0.4) is 0 Å². The summed E-state index contributed by atoms with van der Waals surface area (Å²) in [6.45, 7) is 0. The Hall–Kier alpha value is -6.07. The van der Waals surface area contributed by atoms with E-state index >= 15 is 0 Å². The molecule has 0 bridgehead atoms. The predicted octanol–water partition coefficient (Wildman–Crippen LogP) is 10.7. The molecule has 0 aliphatic heterocycles. The largest absolute Gasteiger partial charge is 0.456 e. The van der Waals surface area contributed by atoms with Gasteiger partial charge in [-0.05, 0) is 58.3 Å². The number of rotatable bonds is 3. The molecule has 46 heavy (non-hydrogen) atoms. The van der Waals surface area contributed by atoms with Crippen LogP contribution in [0.1, 0.15) is 29.5 Å². The summed E-state index contributed by atoms with van der Waals surface area (Å²) >= 11 is 0. The monoisotopic (exact) mass is 591 g/mol. The number of aromatic nitrogens is 3. The van der Waals surface area contributed by atoms with Gasteiger partial charge in [-0.3, -0.25) is 0 Å². The third-order valence-electron chi connectivity index (χ3n) is 9.26. The number of furan rings is 2. The van der Waals surface area contributed by atoms with Crippen molar-refractivity contribution in [3.05, 3.63) is 145 Å². The van der Waals surface area contributed by atoms with Gasteiger partial charge in [0.2, 0.25) is 0 Å². The average Bonchev–Trinajstić information content (AvgIpc) is 3.70. The second-order valence-corrected chi connectivity index (χ2v) is 11.9. The fraction of sp³-hybridized carbons (Fsp3) is 0.0488. The lowest BCUT2D eigenvalue weighted by molar-refractivity contribution is 0.586. The fourth-order valence-corrected chi connectivity index (χ4v) is 7.13. The third-order valence-corrected chi connectivity index (χ3v) is 9.26. The molecule has 3 heterocycles. The van der Waals surface area contributed by atoms with Crippen molar-refractivity contribution in [2.24, 2.45) is 0 Å². The molecule has 0 spiro atoms. The van der Waals surface area contributed by atoms with E-state index < -0.39 is 0 Å². The Labute approximate surface area is 263 Å². The van der Waals surface area contributed by atoms with E-state index in [1.54, 1.807) is 0 Å². The summed E-state index contributed by atoms with van der Waals surface area (Å²) in [5, 5.41) is 7.90. The topological polar surface area (TPSA) is 65.0 Å². The Morgan fingerprint density at radius 1 is 0.543 bits per heavy atom. The van der Waals surface area contributed by atoms with Gasteiger partial charge < -0.3 is 8.83 Å². The average molecular weight is 592 g/mol. The number of hydrogen-bond acceptors (Lipinski definition) is 5. The molecule has 0 saturated heterocycles. The van der Waals surface area contributed by atoms with Gasteiger partial charge in [0.05, 0.1) is 5.92 Å². The molecular formula is C41H25N3O2. The second-order valence-electron chi connectivity index (χ2n) is 11.9. The zero-order valence-electron chi connectivity index (χ0n) is 24.6. The van der Waals surface area contributed by atoms with Crippen molar-refractivity contribution in [2.45, 2.75) is 12.3 Å². The van der Waals surface area contributed by atoms with Crippen LogP contribution in [0, 0.1) is 0 Å². The Kier molecular flexibility index (Phi) is 5.34. The molecule has 10 rings (SSSR count). The summed E-state index contributed by atoms with van der Waals surface area (Å²) in [6, 6.07) is 41.8. The van der Waals surface area contributed by atoms with E-state index in [4.69, 9.17) is 23.8 Å². The molecule has 1 aliphatic carbocycles. The van der Waals surface area contributed by atoms with Crippen molar-refractivity contribution >= 4 is 60.5 Å². The van der Waals surface area contributed by atoms with Crippen LogP contribution in [0.4, 0.5) is 0 Å². The molecule has 5 heteroatoms. The number of allylic oxidation sites excluding steroid dienone is 1. The van der Waals surface area contributed by atoms with Crippen LogP contribution in [0.15, 0.2) is 136 Å². The minimum atomic E-state index is -0.0919. The van der Waals surface area contributed by atoms with Gasteiger partial charge in [-0.2, -0.15) is 0 Å². The minimum Gasteiger partial charge on any atom is -0.456 e. The van der Waals surface area contributed by atoms with E-state index in [2.05, 4.69) is 91.0 Å². The first kappa shape index (κ1) is 25.3. The Balaban J connectivity index is 1.25. The van der Waals surface area contributed by atoms with Gasteiger partial charge >= 0.3 is 0 Å². The van der Waals surface area contributed by atoms with Gasteiger partial charge in [0.15, 0.2) is 11.6 Å². The minimum absolute atomic E-state index is 0.0919. The lowest BCUT2D eigenvalue weighted by Crippen LogP contribution is -2.11. The molecule has 3 aromatic heterocycles. The first-order chi connectivity index (χ1) is 22.8. The smallest absolute Gasteiger partial charge is 0.164 e. The van der Waals surface area contributed by atoms with E-state index in [0.29, 0.717) is 11.6 Å². The van der Waals surface area contributed by atoms with Crippen molar-refractivity contribution in [1.82, 2.24) is 15.0 Å². The van der Waals surface area contributed by atoms with Gasteiger partial charge in [0.25, 0.3) is 0 Å². The Bertz CT molecular complexity index is 2700. The summed E-state index contributed by atoms with van der Waals surface area (Å²) in [5.74, 6) is 2.76. The summed E-state index contributed by atoms with van der Waals surface area (Å²) in [6.07, 6.45) is 4.99. The summed E-state index contributed by atoms with van der Waals surface area (Å²) in [7, 11) is 0. The second kappa shape index (κ2) is 9.71. The highest BCUT2D eigenvalue weighted by molar-refractivity contribution is 6.12. The Morgan fingerprint density at radius 2 is 1.24 bits per heavy atom. The summed E-state index contributed by atoms with van der Waals surface area (Å²) < 4.78 is 12.5. The normalized spacial score (nSPS) is 14.6. The quantitative estimate of drug-likeness (QED) is 0.191. The highest BCUT2D eigenvalue weighted by atomic mass is 16.3. The third kappa shape index (κ3) is 3.78. The van der Waals surface area contributed by atoms with Gasteiger partial charge in [0.1, 0.15) is 28.3 Å². The van der Waals surface area contributed by atoms with Crippen molar-refractivity contribution in [1.29, 1.82) is 0 Å². The van der Waals surface area contributed by atoms with Crippen molar-refractivity contribution < 1.29 is 8.83 Å². The number of nitrogens with zero attached hydrogens (tertiary/aromatic N) is 3. The van der Waals surface area contributed by atoms with E-state index in [0.717, 1.165) is 67.6 Å². The van der Waals surface area contributed by atoms with Crippen molar-refractivity contribution in [3.63, 3.8) is 0 Å². The van der Waals surface area contributed by atoms with Crippen LogP contribution in [0.5, 0.6) is 0 Å². The molecule has 0 saturated carbocycles. The van der Waals surface area contributed by atoms with E-state index in [9.17, 15) is 0 Å². The zero-order chi connectivity index (χ0) is 30.2. The van der Waals surface area contributed by atoms with Gasteiger partial charge in [-0.1, -0.05) is 103 Å². The number of fused-ring (bicyclic) bond motifs is 9. The number of benzene rings is 6. The van der Waals surface area contributed by atoms with Crippen LogP contribution in [-0.4, -0.2) is 15.0 Å². The van der Waals surface area contributed by atoms with E-state index in [-0.39, 0.29) is 5.92 Å². The highest BCUT2D eigenvalue weighted by Crippen LogP contribution is 2.42. The van der Waals surface area contributed by atoms with Crippen LogP contribution in [0.2, 0.25) is 0 Å². The lowest BCUT2D eigenvalue weighted by Gasteiger charge is -2.19. The molecule has 5 nitrogen and oxygen atoms in total. The molecule has 0 fully saturated rings. The summed E-state index contributed by atoms with van der Waals surface area (Å²) in [4.78, 5) is 15.7. The van der Waals surface area contributed by atoms with Gasteiger partial charge in [-0.25, -0.2) is 15.0 Å². The standard InChI is InChI=1S/C41H25N3O2/c1-2-10-27-24(9-1)19-20-25-21-22-26(23-32(25)27)39-42-40(30-13-7-17-35-37(30)28-11-3-5-15-33(28)45-35)44-41(43-39)31-14-8-18-36-38(31)29-12-4-6-16-34(29)46-36/h1-13,15-23,31H,14H2. The van der Waals surface area contributed by atoms with Crippen LogP contribution in [0.25, 0.3) is 83.3 Å². The van der Waals surface area contributed by atoms with E-state index in [1.165, 1.54) is 21.5 Å². The van der Waals surface area contributed by atoms with Crippen LogP contribution >= 0.6 is 0 Å².